The zero-order chi connectivity index (χ0) is 20.1. The number of aromatic nitrogens is 1. The number of anilines is 1. The molecule has 1 aliphatic heterocycles. The standard InChI is InChI=1S/C19H27N5O4/c1-28-15-9-12(19(27)24-8-2-7-21-17(25)11-24)3-5-14(15)23-18(26)13-4-6-16(20)22-10-13/h4,6,10,12,14-15H,2-3,5,7-9,11H2,1H3,(H2,20,22)(H,21,25)(H,23,26)/t12-,14+,15+/m0/s1. The van der Waals surface area contributed by atoms with Crippen LogP contribution in [0.2, 0.25) is 0 Å². The Morgan fingerprint density at radius 2 is 2.18 bits per heavy atom. The predicted molar refractivity (Wildman–Crippen MR) is 102 cm³/mol. The second-order valence-corrected chi connectivity index (χ2v) is 7.30. The van der Waals surface area contributed by atoms with Crippen LogP contribution < -0.4 is 16.4 Å². The lowest BCUT2D eigenvalue weighted by Crippen LogP contribution is -2.50. The summed E-state index contributed by atoms with van der Waals surface area (Å²) in [6.07, 6.45) is 3.70. The molecule has 3 rings (SSSR count). The van der Waals surface area contributed by atoms with Crippen molar-refractivity contribution in [2.75, 3.05) is 32.5 Å². The number of methoxy groups -OCH3 is 1. The first-order valence-electron chi connectivity index (χ1n) is 9.58. The van der Waals surface area contributed by atoms with E-state index in [1.807, 2.05) is 0 Å². The highest BCUT2D eigenvalue weighted by Gasteiger charge is 2.37. The average molecular weight is 389 g/mol. The summed E-state index contributed by atoms with van der Waals surface area (Å²) in [4.78, 5) is 42.6. The van der Waals surface area contributed by atoms with Crippen LogP contribution in [0.5, 0.6) is 0 Å². The van der Waals surface area contributed by atoms with Crippen molar-refractivity contribution in [2.24, 2.45) is 5.92 Å². The molecule has 2 heterocycles. The van der Waals surface area contributed by atoms with E-state index in [4.69, 9.17) is 10.5 Å². The Bertz CT molecular complexity index is 724. The van der Waals surface area contributed by atoms with E-state index < -0.39 is 0 Å². The summed E-state index contributed by atoms with van der Waals surface area (Å²) in [5.74, 6) is -0.220. The minimum absolute atomic E-state index is 0.00777. The molecule has 3 amide bonds. The number of carbonyl (C=O) groups is 3. The zero-order valence-corrected chi connectivity index (χ0v) is 16.0. The van der Waals surface area contributed by atoms with Gasteiger partial charge in [-0.15, -0.1) is 0 Å². The minimum atomic E-state index is -0.269. The topological polar surface area (TPSA) is 127 Å². The van der Waals surface area contributed by atoms with Crippen molar-refractivity contribution in [1.29, 1.82) is 0 Å². The van der Waals surface area contributed by atoms with Crippen molar-refractivity contribution in [3.8, 4) is 0 Å². The first-order valence-corrected chi connectivity index (χ1v) is 9.58. The molecule has 0 aromatic carbocycles. The maximum absolute atomic E-state index is 12.9. The molecule has 0 spiro atoms. The Morgan fingerprint density at radius 3 is 2.89 bits per heavy atom. The molecular formula is C19H27N5O4. The smallest absolute Gasteiger partial charge is 0.253 e. The van der Waals surface area contributed by atoms with Crippen LogP contribution in [0, 0.1) is 5.92 Å². The van der Waals surface area contributed by atoms with E-state index in [0.717, 1.165) is 6.42 Å². The molecule has 1 aromatic rings. The summed E-state index contributed by atoms with van der Waals surface area (Å²) in [5.41, 5.74) is 5.98. The van der Waals surface area contributed by atoms with Crippen molar-refractivity contribution in [1.82, 2.24) is 20.5 Å². The molecule has 1 saturated heterocycles. The van der Waals surface area contributed by atoms with Gasteiger partial charge in [-0.25, -0.2) is 4.98 Å². The molecule has 2 fully saturated rings. The highest BCUT2D eigenvalue weighted by molar-refractivity contribution is 5.94. The highest BCUT2D eigenvalue weighted by atomic mass is 16.5. The van der Waals surface area contributed by atoms with Crippen LogP contribution in [0.15, 0.2) is 18.3 Å². The van der Waals surface area contributed by atoms with Gasteiger partial charge in [0.15, 0.2) is 0 Å². The molecule has 28 heavy (non-hydrogen) atoms. The van der Waals surface area contributed by atoms with E-state index in [9.17, 15) is 14.4 Å². The molecule has 0 bridgehead atoms. The summed E-state index contributed by atoms with van der Waals surface area (Å²) in [6, 6.07) is 3.01. The first-order chi connectivity index (χ1) is 13.5. The Morgan fingerprint density at radius 1 is 1.36 bits per heavy atom. The molecule has 1 aliphatic carbocycles. The van der Waals surface area contributed by atoms with Gasteiger partial charge in [-0.2, -0.15) is 0 Å². The van der Waals surface area contributed by atoms with Gasteiger partial charge in [0.1, 0.15) is 5.82 Å². The van der Waals surface area contributed by atoms with Crippen LogP contribution in [0.25, 0.3) is 0 Å². The van der Waals surface area contributed by atoms with Gasteiger partial charge in [0.05, 0.1) is 24.3 Å². The number of nitrogens with two attached hydrogens (primary N) is 1. The quantitative estimate of drug-likeness (QED) is 0.661. The molecule has 1 saturated carbocycles. The number of nitrogen functional groups attached to an aromatic ring is 1. The number of carbonyl (C=O) groups excluding carboxylic acids is 3. The fourth-order valence-corrected chi connectivity index (χ4v) is 3.82. The van der Waals surface area contributed by atoms with Crippen molar-refractivity contribution in [3.05, 3.63) is 23.9 Å². The number of rotatable bonds is 4. The third kappa shape index (κ3) is 4.78. The lowest BCUT2D eigenvalue weighted by atomic mass is 9.82. The normalized spacial score (nSPS) is 25.5. The Balaban J connectivity index is 1.59. The second-order valence-electron chi connectivity index (χ2n) is 7.30. The van der Waals surface area contributed by atoms with E-state index in [0.29, 0.717) is 43.7 Å². The number of hydrogen-bond donors (Lipinski definition) is 3. The predicted octanol–water partition coefficient (Wildman–Crippen LogP) is -0.0742. The molecule has 0 unspecified atom stereocenters. The molecular weight excluding hydrogens is 362 g/mol. The summed E-state index contributed by atoms with van der Waals surface area (Å²) in [7, 11) is 1.58. The summed E-state index contributed by atoms with van der Waals surface area (Å²) in [6.45, 7) is 1.29. The number of pyridine rings is 1. The van der Waals surface area contributed by atoms with E-state index in [2.05, 4.69) is 15.6 Å². The Labute approximate surface area is 164 Å². The fourth-order valence-electron chi connectivity index (χ4n) is 3.82. The van der Waals surface area contributed by atoms with Gasteiger partial charge in [-0.3, -0.25) is 14.4 Å². The number of nitrogens with zero attached hydrogens (tertiary/aromatic N) is 2. The molecule has 9 heteroatoms. The van der Waals surface area contributed by atoms with Crippen molar-refractivity contribution < 1.29 is 19.1 Å². The van der Waals surface area contributed by atoms with E-state index in [1.165, 1.54) is 6.20 Å². The van der Waals surface area contributed by atoms with Crippen LogP contribution in [0.1, 0.15) is 36.0 Å². The number of nitrogens with one attached hydrogen (secondary N) is 2. The number of amides is 3. The third-order valence-electron chi connectivity index (χ3n) is 5.38. The zero-order valence-electron chi connectivity index (χ0n) is 16.0. The molecule has 4 N–H and O–H groups in total. The van der Waals surface area contributed by atoms with Gasteiger partial charge < -0.3 is 26.0 Å². The van der Waals surface area contributed by atoms with Crippen LogP contribution in [-0.4, -0.2) is 66.5 Å². The van der Waals surface area contributed by atoms with E-state index in [-0.39, 0.29) is 42.3 Å². The number of ether oxygens (including phenoxy) is 1. The Hall–Kier alpha value is -2.68. The molecule has 2 aliphatic rings. The Kier molecular flexibility index (Phi) is 6.45. The van der Waals surface area contributed by atoms with Crippen molar-refractivity contribution >= 4 is 23.5 Å². The summed E-state index contributed by atoms with van der Waals surface area (Å²) in [5, 5.41) is 5.76. The van der Waals surface area contributed by atoms with Crippen molar-refractivity contribution in [3.63, 3.8) is 0 Å². The van der Waals surface area contributed by atoms with Gasteiger partial charge in [0.25, 0.3) is 5.91 Å². The van der Waals surface area contributed by atoms with E-state index >= 15 is 0 Å². The molecule has 152 valence electrons. The lowest BCUT2D eigenvalue weighted by Gasteiger charge is -2.36. The molecule has 9 nitrogen and oxygen atoms in total. The lowest BCUT2D eigenvalue weighted by molar-refractivity contribution is -0.141. The summed E-state index contributed by atoms with van der Waals surface area (Å²) < 4.78 is 5.57. The maximum atomic E-state index is 12.9. The second kappa shape index (κ2) is 9.01. The number of hydrogen-bond acceptors (Lipinski definition) is 6. The first kappa shape index (κ1) is 20.1. The van der Waals surface area contributed by atoms with Crippen LogP contribution in [0.4, 0.5) is 5.82 Å². The van der Waals surface area contributed by atoms with Gasteiger partial charge in [-0.1, -0.05) is 0 Å². The molecule has 3 atom stereocenters. The highest BCUT2D eigenvalue weighted by Crippen LogP contribution is 2.28. The SMILES string of the molecule is CO[C@@H]1C[C@@H](C(=O)N2CCCNC(=O)C2)CC[C@H]1NC(=O)c1ccc(N)nc1. The summed E-state index contributed by atoms with van der Waals surface area (Å²) >= 11 is 0. The monoisotopic (exact) mass is 389 g/mol. The van der Waals surface area contributed by atoms with Gasteiger partial charge >= 0.3 is 0 Å². The van der Waals surface area contributed by atoms with E-state index in [1.54, 1.807) is 24.1 Å². The third-order valence-corrected chi connectivity index (χ3v) is 5.38. The van der Waals surface area contributed by atoms with Gasteiger partial charge in [-0.05, 0) is 37.8 Å². The minimum Gasteiger partial charge on any atom is -0.384 e. The van der Waals surface area contributed by atoms with Crippen LogP contribution in [0.3, 0.4) is 0 Å². The average Bonchev–Trinajstić information content (AvgIpc) is 2.92. The maximum Gasteiger partial charge on any atom is 0.253 e. The van der Waals surface area contributed by atoms with Crippen molar-refractivity contribution in [2.45, 2.75) is 37.8 Å². The van der Waals surface area contributed by atoms with Crippen LogP contribution in [-0.2, 0) is 14.3 Å². The largest absolute Gasteiger partial charge is 0.384 e. The van der Waals surface area contributed by atoms with Gasteiger partial charge in [0, 0.05) is 32.3 Å². The van der Waals surface area contributed by atoms with Crippen LogP contribution >= 0.6 is 0 Å². The fraction of sp³-hybridized carbons (Fsp3) is 0.579. The molecule has 0 radical (unpaired) electrons. The molecule has 1 aromatic heterocycles. The van der Waals surface area contributed by atoms with Gasteiger partial charge in [0.2, 0.25) is 11.8 Å².